The van der Waals surface area contributed by atoms with Gasteiger partial charge in [0.05, 0.1) is 18.0 Å². The highest BCUT2D eigenvalue weighted by Gasteiger charge is 2.14. The van der Waals surface area contributed by atoms with E-state index in [-0.39, 0.29) is 0 Å². The van der Waals surface area contributed by atoms with Gasteiger partial charge in [-0.1, -0.05) is 48.5 Å². The average Bonchev–Trinajstić information content (AvgIpc) is 2.71. The highest BCUT2D eigenvalue weighted by molar-refractivity contribution is 5.97. The van der Waals surface area contributed by atoms with Crippen LogP contribution in [0.15, 0.2) is 71.0 Å². The van der Waals surface area contributed by atoms with Crippen LogP contribution >= 0.6 is 0 Å². The first-order valence-electron chi connectivity index (χ1n) is 7.54. The second-order valence-corrected chi connectivity index (χ2v) is 5.31. The van der Waals surface area contributed by atoms with Gasteiger partial charge in [0.25, 0.3) is 0 Å². The highest BCUT2D eigenvalue weighted by atomic mass is 16.5. The van der Waals surface area contributed by atoms with E-state index in [4.69, 9.17) is 4.74 Å². The van der Waals surface area contributed by atoms with E-state index in [2.05, 4.69) is 28.5 Å². The summed E-state index contributed by atoms with van der Waals surface area (Å²) in [5, 5.41) is 3.34. The Kier molecular flexibility index (Phi) is 4.24. The van der Waals surface area contributed by atoms with Gasteiger partial charge in [-0.15, -0.1) is 0 Å². The zero-order valence-corrected chi connectivity index (χ0v) is 13.0. The zero-order valence-electron chi connectivity index (χ0n) is 13.0. The van der Waals surface area contributed by atoms with E-state index < -0.39 is 0 Å². The number of hydrogen-bond donors (Lipinski definition) is 1. The average molecular weight is 292 g/mol. The van der Waals surface area contributed by atoms with E-state index in [1.165, 1.54) is 0 Å². The van der Waals surface area contributed by atoms with Crippen LogP contribution in [0.3, 0.4) is 0 Å². The molecule has 0 fully saturated rings. The van der Waals surface area contributed by atoms with Gasteiger partial charge < -0.3 is 10.1 Å². The first-order valence-corrected chi connectivity index (χ1v) is 7.54. The van der Waals surface area contributed by atoms with E-state index in [0.717, 1.165) is 47.1 Å². The molecule has 1 aliphatic heterocycles. The minimum Gasteiger partial charge on any atom is -0.453 e. The Morgan fingerprint density at radius 1 is 0.955 bits per heavy atom. The fraction of sp³-hybridized carbons (Fsp3) is 0.211. The molecule has 0 saturated carbocycles. The number of nitrogens with zero attached hydrogens (tertiary/aromatic N) is 1. The maximum absolute atomic E-state index is 6.23. The highest BCUT2D eigenvalue weighted by Crippen LogP contribution is 2.31. The van der Waals surface area contributed by atoms with Gasteiger partial charge in [0.1, 0.15) is 5.75 Å². The molecule has 22 heavy (non-hydrogen) atoms. The topological polar surface area (TPSA) is 33.6 Å². The van der Waals surface area contributed by atoms with Crippen LogP contribution in [0.2, 0.25) is 0 Å². The second-order valence-electron chi connectivity index (χ2n) is 5.31. The summed E-state index contributed by atoms with van der Waals surface area (Å²) < 4.78 is 6.23. The maximum Gasteiger partial charge on any atom is 0.166 e. The molecule has 0 aliphatic carbocycles. The minimum atomic E-state index is 0.774. The molecule has 2 aromatic carbocycles. The maximum atomic E-state index is 6.23. The summed E-state index contributed by atoms with van der Waals surface area (Å²) in [6.45, 7) is 5.65. The van der Waals surface area contributed by atoms with Crippen molar-refractivity contribution in [3.8, 4) is 16.9 Å². The van der Waals surface area contributed by atoms with Crippen molar-refractivity contribution in [3.63, 3.8) is 0 Å². The summed E-state index contributed by atoms with van der Waals surface area (Å²) in [5.74, 6) is 1.67. The van der Waals surface area contributed by atoms with Crippen molar-refractivity contribution >= 4 is 5.71 Å². The molecule has 0 unspecified atom stereocenters. The first-order chi connectivity index (χ1) is 10.8. The summed E-state index contributed by atoms with van der Waals surface area (Å²) in [4.78, 5) is 4.53. The molecule has 0 amide bonds. The van der Waals surface area contributed by atoms with Crippen LogP contribution in [-0.2, 0) is 0 Å². The Bertz CT molecular complexity index is 717. The summed E-state index contributed by atoms with van der Waals surface area (Å²) in [6.07, 6.45) is 0. The van der Waals surface area contributed by atoms with Crippen molar-refractivity contribution in [2.75, 3.05) is 13.1 Å². The van der Waals surface area contributed by atoms with E-state index >= 15 is 0 Å². The number of benzene rings is 2. The van der Waals surface area contributed by atoms with E-state index in [0.29, 0.717) is 0 Å². The van der Waals surface area contributed by atoms with Crippen LogP contribution in [-0.4, -0.2) is 18.8 Å². The third-order valence-corrected chi connectivity index (χ3v) is 3.70. The number of hydrogen-bond acceptors (Lipinski definition) is 3. The molecular formula is C19H20N2O. The van der Waals surface area contributed by atoms with Crippen molar-refractivity contribution in [1.29, 1.82) is 0 Å². The predicted octanol–water partition coefficient (Wildman–Crippen LogP) is 4.03. The van der Waals surface area contributed by atoms with Gasteiger partial charge in [-0.3, -0.25) is 4.99 Å². The fourth-order valence-electron chi connectivity index (χ4n) is 2.56. The Morgan fingerprint density at radius 2 is 1.68 bits per heavy atom. The molecule has 0 saturated heterocycles. The van der Waals surface area contributed by atoms with Gasteiger partial charge in [0.15, 0.2) is 5.76 Å². The predicted molar refractivity (Wildman–Crippen MR) is 91.2 cm³/mol. The third-order valence-electron chi connectivity index (χ3n) is 3.70. The van der Waals surface area contributed by atoms with Gasteiger partial charge in [0.2, 0.25) is 0 Å². The molecule has 1 aliphatic rings. The van der Waals surface area contributed by atoms with E-state index in [1.807, 2.05) is 50.2 Å². The number of rotatable bonds is 3. The zero-order chi connectivity index (χ0) is 15.4. The lowest BCUT2D eigenvalue weighted by atomic mass is 10.0. The third kappa shape index (κ3) is 3.03. The fourth-order valence-corrected chi connectivity index (χ4v) is 2.56. The van der Waals surface area contributed by atoms with E-state index in [1.54, 1.807) is 0 Å². The number of ether oxygens (including phenoxy) is 1. The summed E-state index contributed by atoms with van der Waals surface area (Å²) in [5.41, 5.74) is 4.19. The molecule has 0 bridgehead atoms. The number of nitrogens with one attached hydrogen (secondary N) is 1. The smallest absolute Gasteiger partial charge is 0.166 e. The Balaban J connectivity index is 2.00. The SMILES string of the molecule is CC1=NCCNC(C)=C1Oc1ccccc1-c1ccccc1. The van der Waals surface area contributed by atoms with Crippen molar-refractivity contribution in [1.82, 2.24) is 5.32 Å². The van der Waals surface area contributed by atoms with Crippen molar-refractivity contribution in [2.45, 2.75) is 13.8 Å². The Morgan fingerprint density at radius 3 is 2.50 bits per heavy atom. The van der Waals surface area contributed by atoms with Crippen LogP contribution in [0.5, 0.6) is 5.75 Å². The monoisotopic (exact) mass is 292 g/mol. The molecule has 3 rings (SSSR count). The molecule has 0 atom stereocenters. The van der Waals surface area contributed by atoms with Crippen molar-refractivity contribution in [2.24, 2.45) is 4.99 Å². The van der Waals surface area contributed by atoms with Crippen molar-refractivity contribution < 1.29 is 4.74 Å². The van der Waals surface area contributed by atoms with Crippen LogP contribution in [0, 0.1) is 0 Å². The largest absolute Gasteiger partial charge is 0.453 e. The lowest BCUT2D eigenvalue weighted by molar-refractivity contribution is 0.445. The minimum absolute atomic E-state index is 0.774. The number of para-hydroxylation sites is 1. The second kappa shape index (κ2) is 6.48. The summed E-state index contributed by atoms with van der Waals surface area (Å²) >= 11 is 0. The Labute approximate surface area is 131 Å². The van der Waals surface area contributed by atoms with Gasteiger partial charge in [-0.25, -0.2) is 0 Å². The van der Waals surface area contributed by atoms with Crippen LogP contribution in [0.25, 0.3) is 11.1 Å². The molecule has 1 heterocycles. The van der Waals surface area contributed by atoms with Gasteiger partial charge in [0, 0.05) is 12.1 Å². The quantitative estimate of drug-likeness (QED) is 0.926. The van der Waals surface area contributed by atoms with Gasteiger partial charge in [-0.2, -0.15) is 0 Å². The molecule has 0 spiro atoms. The van der Waals surface area contributed by atoms with Crippen LogP contribution in [0.1, 0.15) is 13.8 Å². The molecule has 3 nitrogen and oxygen atoms in total. The summed E-state index contributed by atoms with van der Waals surface area (Å²) in [7, 11) is 0. The summed E-state index contributed by atoms with van der Waals surface area (Å²) in [6, 6.07) is 18.4. The molecule has 0 radical (unpaired) electrons. The van der Waals surface area contributed by atoms with Crippen LogP contribution < -0.4 is 10.1 Å². The molecular weight excluding hydrogens is 272 g/mol. The van der Waals surface area contributed by atoms with E-state index in [9.17, 15) is 0 Å². The van der Waals surface area contributed by atoms with Gasteiger partial charge in [-0.05, 0) is 25.5 Å². The molecule has 1 N–H and O–H groups in total. The standard InChI is InChI=1S/C19H20N2O/c1-14-19(15(2)21-13-12-20-14)22-18-11-7-6-10-17(18)16-8-4-3-5-9-16/h3-11,20H,12-13H2,1-2H3. The first kappa shape index (κ1) is 14.4. The van der Waals surface area contributed by atoms with Gasteiger partial charge >= 0.3 is 0 Å². The lowest BCUT2D eigenvalue weighted by Gasteiger charge is -2.15. The number of aliphatic imine (C=N–C) groups is 1. The number of allylic oxidation sites excluding steroid dienone is 2. The molecule has 2 aromatic rings. The Hall–Kier alpha value is -2.55. The lowest BCUT2D eigenvalue weighted by Crippen LogP contribution is -2.17. The molecule has 3 heteroatoms. The van der Waals surface area contributed by atoms with Crippen molar-refractivity contribution in [3.05, 3.63) is 66.1 Å². The molecule has 112 valence electrons. The normalized spacial score (nSPS) is 14.9. The van der Waals surface area contributed by atoms with Crippen LogP contribution in [0.4, 0.5) is 0 Å². The molecule has 0 aromatic heterocycles.